The third kappa shape index (κ3) is 3.24. The lowest BCUT2D eigenvalue weighted by Crippen LogP contribution is -2.27. The van der Waals surface area contributed by atoms with Gasteiger partial charge in [-0.05, 0) is 68.3 Å². The molecule has 0 unspecified atom stereocenters. The third-order valence-corrected chi connectivity index (χ3v) is 7.03. The zero-order chi connectivity index (χ0) is 22.8. The van der Waals surface area contributed by atoms with Crippen LogP contribution in [0.1, 0.15) is 82.7 Å². The lowest BCUT2D eigenvalue weighted by Gasteiger charge is -2.34. The Kier molecular flexibility index (Phi) is 4.77. The lowest BCUT2D eigenvalue weighted by molar-refractivity contribution is 0.477. The van der Waals surface area contributed by atoms with E-state index in [1.165, 1.54) is 33.4 Å². The van der Waals surface area contributed by atoms with Crippen molar-refractivity contribution in [2.45, 2.75) is 71.1 Å². The van der Waals surface area contributed by atoms with Crippen LogP contribution in [-0.2, 0) is 16.2 Å². The van der Waals surface area contributed by atoms with Crippen molar-refractivity contribution in [2.75, 3.05) is 5.73 Å². The number of nitrogens with two attached hydrogens (primary N) is 1. The van der Waals surface area contributed by atoms with Gasteiger partial charge in [0, 0.05) is 5.41 Å². The number of benzene rings is 3. The van der Waals surface area contributed by atoms with Crippen LogP contribution in [0.15, 0.2) is 54.6 Å². The molecule has 0 spiro atoms. The zero-order valence-corrected chi connectivity index (χ0v) is 19.9. The van der Waals surface area contributed by atoms with Gasteiger partial charge in [0.05, 0.1) is 5.69 Å². The van der Waals surface area contributed by atoms with Crippen molar-refractivity contribution in [3.63, 3.8) is 0 Å². The Hall–Kier alpha value is -2.74. The van der Waals surface area contributed by atoms with Crippen LogP contribution in [0.3, 0.4) is 0 Å². The van der Waals surface area contributed by atoms with Crippen LogP contribution >= 0.6 is 0 Å². The number of fused-ring (bicyclic) bond motifs is 3. The van der Waals surface area contributed by atoms with Crippen LogP contribution in [0.2, 0.25) is 0 Å². The van der Waals surface area contributed by atoms with Gasteiger partial charge in [0.15, 0.2) is 0 Å². The summed E-state index contributed by atoms with van der Waals surface area (Å²) in [5.74, 6) is 0.139. The first kappa shape index (κ1) is 21.5. The number of phenolic OH excluding ortho intramolecular Hbond substituents is 1. The van der Waals surface area contributed by atoms with E-state index in [2.05, 4.69) is 84.9 Å². The average Bonchev–Trinajstić information content (AvgIpc) is 2.98. The Balaban J connectivity index is 2.10. The fraction of sp³-hybridized carbons (Fsp3) is 0.379. The van der Waals surface area contributed by atoms with Crippen molar-refractivity contribution in [2.24, 2.45) is 0 Å². The Morgan fingerprint density at radius 1 is 0.742 bits per heavy atom. The molecule has 0 saturated carbocycles. The number of hydrogen-bond acceptors (Lipinski definition) is 2. The average molecular weight is 414 g/mol. The lowest BCUT2D eigenvalue weighted by atomic mass is 9.68. The second-order valence-corrected chi connectivity index (χ2v) is 11.1. The van der Waals surface area contributed by atoms with Crippen LogP contribution in [0, 0.1) is 0 Å². The topological polar surface area (TPSA) is 46.2 Å². The first-order valence-electron chi connectivity index (χ1n) is 11.3. The molecule has 1 aliphatic rings. The zero-order valence-electron chi connectivity index (χ0n) is 19.9. The van der Waals surface area contributed by atoms with E-state index in [4.69, 9.17) is 5.73 Å². The van der Waals surface area contributed by atoms with Crippen molar-refractivity contribution in [3.05, 3.63) is 82.4 Å². The van der Waals surface area contributed by atoms with Crippen molar-refractivity contribution >= 4 is 5.69 Å². The number of hydrogen-bond donors (Lipinski definition) is 2. The SMILES string of the molecule is CCC1(c2ccc(O)c(N)c2)c2cc(C(C)(C)C)ccc2-c2ccc(C(C)(C)C)cc21. The fourth-order valence-corrected chi connectivity index (χ4v) is 5.06. The molecule has 0 saturated heterocycles. The molecule has 1 aliphatic carbocycles. The van der Waals surface area contributed by atoms with Gasteiger partial charge in [-0.2, -0.15) is 0 Å². The Labute approximate surface area is 187 Å². The van der Waals surface area contributed by atoms with Gasteiger partial charge >= 0.3 is 0 Å². The highest BCUT2D eigenvalue weighted by Crippen LogP contribution is 2.56. The minimum absolute atomic E-state index is 0.0633. The van der Waals surface area contributed by atoms with Gasteiger partial charge in [-0.1, -0.05) is 90.9 Å². The molecule has 0 bridgehead atoms. The van der Waals surface area contributed by atoms with Crippen molar-refractivity contribution in [1.82, 2.24) is 0 Å². The molecule has 0 fully saturated rings. The summed E-state index contributed by atoms with van der Waals surface area (Å²) < 4.78 is 0. The second-order valence-electron chi connectivity index (χ2n) is 11.1. The van der Waals surface area contributed by atoms with Crippen molar-refractivity contribution < 1.29 is 5.11 Å². The summed E-state index contributed by atoms with van der Waals surface area (Å²) >= 11 is 0. The molecule has 2 heteroatoms. The molecule has 162 valence electrons. The van der Waals surface area contributed by atoms with Crippen molar-refractivity contribution in [3.8, 4) is 16.9 Å². The number of anilines is 1. The predicted octanol–water partition coefficient (Wildman–Crippen LogP) is 7.29. The number of aromatic hydroxyl groups is 1. The molecular weight excluding hydrogens is 378 g/mol. The quantitative estimate of drug-likeness (QED) is 0.342. The maximum Gasteiger partial charge on any atom is 0.138 e. The fourth-order valence-electron chi connectivity index (χ4n) is 5.06. The molecule has 2 nitrogen and oxygen atoms in total. The monoisotopic (exact) mass is 413 g/mol. The molecule has 3 aromatic rings. The molecule has 0 aromatic heterocycles. The third-order valence-electron chi connectivity index (χ3n) is 7.03. The standard InChI is InChI=1S/C29H35NO/c1-8-29(20-11-14-26(31)25(30)17-20)23-15-18(27(2,3)4)9-12-21(23)22-13-10-19(16-24(22)29)28(5,6)7/h9-17,31H,8,30H2,1-7H3. The summed E-state index contributed by atoms with van der Waals surface area (Å²) in [7, 11) is 0. The first-order valence-corrected chi connectivity index (χ1v) is 11.3. The number of phenols is 1. The summed E-state index contributed by atoms with van der Waals surface area (Å²) in [5, 5.41) is 10.1. The molecular formula is C29H35NO. The van der Waals surface area contributed by atoms with Crippen LogP contribution < -0.4 is 5.73 Å². The summed E-state index contributed by atoms with van der Waals surface area (Å²) in [6.45, 7) is 15.8. The van der Waals surface area contributed by atoms with E-state index in [0.29, 0.717) is 5.69 Å². The van der Waals surface area contributed by atoms with E-state index in [1.54, 1.807) is 6.07 Å². The predicted molar refractivity (Wildman–Crippen MR) is 132 cm³/mol. The largest absolute Gasteiger partial charge is 0.506 e. The van der Waals surface area contributed by atoms with E-state index >= 15 is 0 Å². The molecule has 31 heavy (non-hydrogen) atoms. The molecule has 0 amide bonds. The number of rotatable bonds is 2. The van der Waals surface area contributed by atoms with Gasteiger partial charge in [0.1, 0.15) is 5.75 Å². The Morgan fingerprint density at radius 2 is 1.23 bits per heavy atom. The van der Waals surface area contributed by atoms with Crippen molar-refractivity contribution in [1.29, 1.82) is 0 Å². The minimum Gasteiger partial charge on any atom is -0.506 e. The maximum atomic E-state index is 10.1. The number of nitrogen functional groups attached to an aromatic ring is 1. The van der Waals surface area contributed by atoms with E-state index in [1.807, 2.05) is 12.1 Å². The van der Waals surface area contributed by atoms with E-state index in [0.717, 1.165) is 12.0 Å². The highest BCUT2D eigenvalue weighted by atomic mass is 16.3. The summed E-state index contributed by atoms with van der Waals surface area (Å²) in [4.78, 5) is 0. The molecule has 3 N–H and O–H groups in total. The molecule has 0 aliphatic heterocycles. The van der Waals surface area contributed by atoms with Crippen LogP contribution in [-0.4, -0.2) is 5.11 Å². The van der Waals surface area contributed by atoms with Crippen LogP contribution in [0.4, 0.5) is 5.69 Å². The summed E-state index contributed by atoms with van der Waals surface area (Å²) in [6.07, 6.45) is 0.915. The maximum absolute atomic E-state index is 10.1. The van der Waals surface area contributed by atoms with Gasteiger partial charge in [-0.25, -0.2) is 0 Å². The molecule has 0 atom stereocenters. The summed E-state index contributed by atoms with van der Waals surface area (Å²) in [5.41, 5.74) is 15.5. The minimum atomic E-state index is -0.297. The van der Waals surface area contributed by atoms with Gasteiger partial charge in [-0.3, -0.25) is 0 Å². The van der Waals surface area contributed by atoms with Gasteiger partial charge in [0.25, 0.3) is 0 Å². The molecule has 0 radical (unpaired) electrons. The van der Waals surface area contributed by atoms with E-state index < -0.39 is 0 Å². The first-order chi connectivity index (χ1) is 14.4. The van der Waals surface area contributed by atoms with Gasteiger partial charge in [0.2, 0.25) is 0 Å². The molecule has 0 heterocycles. The highest BCUT2D eigenvalue weighted by molar-refractivity contribution is 5.84. The van der Waals surface area contributed by atoms with Crippen LogP contribution in [0.25, 0.3) is 11.1 Å². The van der Waals surface area contributed by atoms with Gasteiger partial charge < -0.3 is 10.8 Å². The van der Waals surface area contributed by atoms with Crippen LogP contribution in [0.5, 0.6) is 5.75 Å². The Morgan fingerprint density at radius 3 is 1.61 bits per heavy atom. The van der Waals surface area contributed by atoms with E-state index in [-0.39, 0.29) is 22.0 Å². The smallest absolute Gasteiger partial charge is 0.138 e. The Bertz CT molecular complexity index is 1090. The second kappa shape index (κ2) is 6.88. The van der Waals surface area contributed by atoms with Gasteiger partial charge in [-0.15, -0.1) is 0 Å². The summed E-state index contributed by atoms with van der Waals surface area (Å²) in [6, 6.07) is 19.7. The normalized spacial score (nSPS) is 14.9. The van der Waals surface area contributed by atoms with E-state index in [9.17, 15) is 5.11 Å². The molecule has 4 rings (SSSR count). The molecule has 3 aromatic carbocycles. The highest BCUT2D eigenvalue weighted by Gasteiger charge is 2.44.